The number of nitrogens with zero attached hydrogens (tertiary/aromatic N) is 1. The van der Waals surface area contributed by atoms with Gasteiger partial charge in [-0.15, -0.1) is 0 Å². The number of nitrogens with two attached hydrogens (primary N) is 1. The monoisotopic (exact) mass is 260 g/mol. The molecule has 2 rings (SSSR count). The van der Waals surface area contributed by atoms with E-state index in [0.29, 0.717) is 5.13 Å². The second kappa shape index (κ2) is 5.53. The smallest absolute Gasteiger partial charge is 0.180 e. The fourth-order valence-electron chi connectivity index (χ4n) is 2.32. The molecule has 96 valence electrons. The SMILES string of the molecule is CCc1cc(CC)c(-c2cnc(N)s2)c(CC)c1. The fourth-order valence-corrected chi connectivity index (χ4v) is 3.12. The zero-order valence-electron chi connectivity index (χ0n) is 11.3. The Kier molecular flexibility index (Phi) is 4.02. The Morgan fingerprint density at radius 2 is 1.67 bits per heavy atom. The summed E-state index contributed by atoms with van der Waals surface area (Å²) in [6.45, 7) is 6.63. The number of nitrogen functional groups attached to an aromatic ring is 1. The minimum atomic E-state index is 0.647. The van der Waals surface area contributed by atoms with E-state index in [0.717, 1.165) is 19.3 Å². The van der Waals surface area contributed by atoms with Gasteiger partial charge in [0.15, 0.2) is 5.13 Å². The molecule has 0 aliphatic heterocycles. The third-order valence-corrected chi connectivity index (χ3v) is 4.15. The highest BCUT2D eigenvalue weighted by atomic mass is 32.1. The predicted molar refractivity (Wildman–Crippen MR) is 80.1 cm³/mol. The number of hydrogen-bond donors (Lipinski definition) is 1. The lowest BCUT2D eigenvalue weighted by molar-refractivity contribution is 1.05. The van der Waals surface area contributed by atoms with Crippen LogP contribution in [0.1, 0.15) is 37.5 Å². The Hall–Kier alpha value is -1.35. The van der Waals surface area contributed by atoms with Crippen LogP contribution in [0.5, 0.6) is 0 Å². The van der Waals surface area contributed by atoms with Crippen molar-refractivity contribution in [2.24, 2.45) is 0 Å². The molecule has 0 radical (unpaired) electrons. The van der Waals surface area contributed by atoms with Crippen LogP contribution >= 0.6 is 11.3 Å². The molecule has 0 aliphatic rings. The lowest BCUT2D eigenvalue weighted by Crippen LogP contribution is -1.96. The molecular formula is C15H20N2S. The molecule has 0 fully saturated rings. The molecule has 0 atom stereocenters. The van der Waals surface area contributed by atoms with Crippen LogP contribution in [-0.2, 0) is 19.3 Å². The van der Waals surface area contributed by atoms with Gasteiger partial charge in [0, 0.05) is 6.20 Å². The Balaban J connectivity index is 2.63. The lowest BCUT2D eigenvalue weighted by atomic mass is 9.93. The largest absolute Gasteiger partial charge is 0.375 e. The van der Waals surface area contributed by atoms with Gasteiger partial charge in [0.1, 0.15) is 0 Å². The summed E-state index contributed by atoms with van der Waals surface area (Å²) in [5.74, 6) is 0. The van der Waals surface area contributed by atoms with Gasteiger partial charge in [0.25, 0.3) is 0 Å². The number of rotatable bonds is 4. The first-order chi connectivity index (χ1) is 8.69. The molecule has 0 amide bonds. The van der Waals surface area contributed by atoms with Crippen molar-refractivity contribution in [3.8, 4) is 10.4 Å². The first-order valence-electron chi connectivity index (χ1n) is 6.55. The Morgan fingerprint density at radius 1 is 1.06 bits per heavy atom. The quantitative estimate of drug-likeness (QED) is 0.899. The first kappa shape index (κ1) is 13.1. The van der Waals surface area contributed by atoms with E-state index in [1.54, 1.807) is 11.3 Å². The molecule has 18 heavy (non-hydrogen) atoms. The van der Waals surface area contributed by atoms with Crippen LogP contribution in [0, 0.1) is 0 Å². The minimum Gasteiger partial charge on any atom is -0.375 e. The highest BCUT2D eigenvalue weighted by Gasteiger charge is 2.13. The average molecular weight is 260 g/mol. The van der Waals surface area contributed by atoms with Crippen molar-refractivity contribution in [3.63, 3.8) is 0 Å². The van der Waals surface area contributed by atoms with Crippen molar-refractivity contribution in [2.45, 2.75) is 40.0 Å². The molecule has 0 spiro atoms. The van der Waals surface area contributed by atoms with Crippen molar-refractivity contribution >= 4 is 16.5 Å². The fraction of sp³-hybridized carbons (Fsp3) is 0.400. The van der Waals surface area contributed by atoms with Gasteiger partial charge in [-0.2, -0.15) is 0 Å². The topological polar surface area (TPSA) is 38.9 Å². The normalized spacial score (nSPS) is 10.8. The van der Waals surface area contributed by atoms with Gasteiger partial charge < -0.3 is 5.73 Å². The predicted octanol–water partition coefficient (Wildman–Crippen LogP) is 4.08. The highest BCUT2D eigenvalue weighted by Crippen LogP contribution is 2.34. The van der Waals surface area contributed by atoms with Gasteiger partial charge in [-0.1, -0.05) is 44.2 Å². The van der Waals surface area contributed by atoms with E-state index in [2.05, 4.69) is 37.9 Å². The first-order valence-corrected chi connectivity index (χ1v) is 7.37. The zero-order chi connectivity index (χ0) is 13.1. The van der Waals surface area contributed by atoms with E-state index in [9.17, 15) is 0 Å². The molecule has 1 aromatic heterocycles. The molecule has 1 heterocycles. The van der Waals surface area contributed by atoms with Crippen LogP contribution < -0.4 is 5.73 Å². The maximum absolute atomic E-state index is 5.76. The van der Waals surface area contributed by atoms with E-state index in [-0.39, 0.29) is 0 Å². The molecule has 0 aliphatic carbocycles. The summed E-state index contributed by atoms with van der Waals surface area (Å²) < 4.78 is 0. The minimum absolute atomic E-state index is 0.647. The molecular weight excluding hydrogens is 240 g/mol. The van der Waals surface area contributed by atoms with Crippen molar-refractivity contribution in [3.05, 3.63) is 35.0 Å². The lowest BCUT2D eigenvalue weighted by Gasteiger charge is -2.13. The summed E-state index contributed by atoms with van der Waals surface area (Å²) in [5.41, 5.74) is 11.4. The maximum atomic E-state index is 5.76. The maximum Gasteiger partial charge on any atom is 0.180 e. The molecule has 2 nitrogen and oxygen atoms in total. The van der Waals surface area contributed by atoms with Crippen LogP contribution in [0.15, 0.2) is 18.3 Å². The van der Waals surface area contributed by atoms with Gasteiger partial charge in [-0.3, -0.25) is 0 Å². The second-order valence-corrected chi connectivity index (χ2v) is 5.47. The van der Waals surface area contributed by atoms with E-state index in [4.69, 9.17) is 5.73 Å². The molecule has 3 heteroatoms. The number of thiazole rings is 1. The van der Waals surface area contributed by atoms with Crippen molar-refractivity contribution in [2.75, 3.05) is 5.73 Å². The van der Waals surface area contributed by atoms with Gasteiger partial charge in [-0.05, 0) is 41.5 Å². The number of aromatic nitrogens is 1. The van der Waals surface area contributed by atoms with E-state index in [1.165, 1.54) is 27.1 Å². The van der Waals surface area contributed by atoms with E-state index in [1.807, 2.05) is 6.20 Å². The highest BCUT2D eigenvalue weighted by molar-refractivity contribution is 7.18. The summed E-state index contributed by atoms with van der Waals surface area (Å²) >= 11 is 1.58. The third-order valence-electron chi connectivity index (χ3n) is 3.30. The van der Waals surface area contributed by atoms with Crippen LogP contribution in [-0.4, -0.2) is 4.98 Å². The van der Waals surface area contributed by atoms with E-state index >= 15 is 0 Å². The summed E-state index contributed by atoms with van der Waals surface area (Å²) in [7, 11) is 0. The number of hydrogen-bond acceptors (Lipinski definition) is 3. The van der Waals surface area contributed by atoms with Gasteiger partial charge in [-0.25, -0.2) is 4.98 Å². The standard InChI is InChI=1S/C15H20N2S/c1-4-10-7-11(5-2)14(12(6-3)8-10)13-9-17-15(16)18-13/h7-9H,4-6H2,1-3H3,(H2,16,17). The second-order valence-electron chi connectivity index (χ2n) is 4.41. The summed E-state index contributed by atoms with van der Waals surface area (Å²) in [6.07, 6.45) is 5.09. The zero-order valence-corrected chi connectivity index (χ0v) is 12.1. The molecule has 1 aromatic carbocycles. The van der Waals surface area contributed by atoms with Crippen LogP contribution in [0.4, 0.5) is 5.13 Å². The van der Waals surface area contributed by atoms with Crippen molar-refractivity contribution < 1.29 is 0 Å². The van der Waals surface area contributed by atoms with Gasteiger partial charge >= 0.3 is 0 Å². The summed E-state index contributed by atoms with van der Waals surface area (Å²) in [6, 6.07) is 4.65. The van der Waals surface area contributed by atoms with E-state index < -0.39 is 0 Å². The number of benzene rings is 1. The Labute approximate surface area is 113 Å². The summed E-state index contributed by atoms with van der Waals surface area (Å²) in [5, 5.41) is 0.647. The van der Waals surface area contributed by atoms with Crippen LogP contribution in [0.3, 0.4) is 0 Å². The van der Waals surface area contributed by atoms with Crippen LogP contribution in [0.25, 0.3) is 10.4 Å². The third kappa shape index (κ3) is 2.41. The molecule has 2 N–H and O–H groups in total. The molecule has 0 saturated heterocycles. The Morgan fingerprint density at radius 3 is 2.06 bits per heavy atom. The number of anilines is 1. The van der Waals surface area contributed by atoms with Crippen LogP contribution in [0.2, 0.25) is 0 Å². The molecule has 2 aromatic rings. The molecule has 0 unspecified atom stereocenters. The van der Waals surface area contributed by atoms with Gasteiger partial charge in [0.2, 0.25) is 0 Å². The summed E-state index contributed by atoms with van der Waals surface area (Å²) in [4.78, 5) is 5.38. The molecule has 0 bridgehead atoms. The number of aryl methyl sites for hydroxylation is 3. The van der Waals surface area contributed by atoms with Crippen molar-refractivity contribution in [1.29, 1.82) is 0 Å². The average Bonchev–Trinajstić information content (AvgIpc) is 2.83. The van der Waals surface area contributed by atoms with Crippen molar-refractivity contribution in [1.82, 2.24) is 4.98 Å². The van der Waals surface area contributed by atoms with Gasteiger partial charge in [0.05, 0.1) is 4.88 Å². The molecule has 0 saturated carbocycles. The Bertz CT molecular complexity index is 518.